The van der Waals surface area contributed by atoms with Crippen molar-refractivity contribution in [1.29, 1.82) is 0 Å². The molecule has 0 aliphatic rings. The van der Waals surface area contributed by atoms with Gasteiger partial charge in [0.05, 0.1) is 5.92 Å². The Labute approximate surface area is 143 Å². The smallest absolute Gasteiger partial charge is 0.171 e. The fourth-order valence-corrected chi connectivity index (χ4v) is 3.10. The highest BCUT2D eigenvalue weighted by Crippen LogP contribution is 2.36. The van der Waals surface area contributed by atoms with Gasteiger partial charge in [-0.2, -0.15) is 0 Å². The number of ketones is 1. The van der Waals surface area contributed by atoms with E-state index in [4.69, 9.17) is 0 Å². The van der Waals surface area contributed by atoms with Gasteiger partial charge in [-0.3, -0.25) is 4.79 Å². The first-order chi connectivity index (χ1) is 11.8. The summed E-state index contributed by atoms with van der Waals surface area (Å²) in [5.74, 6) is -0.231. The van der Waals surface area contributed by atoms with Gasteiger partial charge in [-0.05, 0) is 11.1 Å². The average molecular weight is 312 g/mol. The van der Waals surface area contributed by atoms with Gasteiger partial charge in [0, 0.05) is 11.5 Å². The molecule has 0 N–H and O–H groups in total. The van der Waals surface area contributed by atoms with E-state index in [-0.39, 0.29) is 17.6 Å². The highest BCUT2D eigenvalue weighted by Gasteiger charge is 2.29. The maximum Gasteiger partial charge on any atom is 0.171 e. The lowest BCUT2D eigenvalue weighted by molar-refractivity contribution is 0.0953. The maximum atomic E-state index is 13.3. The molecule has 0 unspecified atom stereocenters. The second kappa shape index (κ2) is 7.56. The Hall–Kier alpha value is -2.93. The molecule has 0 saturated heterocycles. The monoisotopic (exact) mass is 312 g/mol. The number of rotatable bonds is 6. The van der Waals surface area contributed by atoms with E-state index >= 15 is 0 Å². The van der Waals surface area contributed by atoms with Crippen LogP contribution in [-0.4, -0.2) is 5.78 Å². The van der Waals surface area contributed by atoms with Gasteiger partial charge >= 0.3 is 0 Å². The van der Waals surface area contributed by atoms with E-state index in [2.05, 4.69) is 18.7 Å². The van der Waals surface area contributed by atoms with Gasteiger partial charge < -0.3 is 0 Å². The topological polar surface area (TPSA) is 17.1 Å². The van der Waals surface area contributed by atoms with Gasteiger partial charge in [0.25, 0.3) is 0 Å². The number of carbonyl (C=O) groups excluding carboxylic acids is 1. The minimum Gasteiger partial charge on any atom is -0.293 e. The van der Waals surface area contributed by atoms with E-state index in [1.807, 2.05) is 84.9 Å². The third-order valence-corrected chi connectivity index (χ3v) is 4.30. The standard InChI is InChI=1S/C23H20O/c1-2-21(18-12-6-3-7-13-18)22(19-14-8-4-9-15-19)23(24)20-16-10-5-11-17-20/h2-17,21-22H,1H2/t21-,22+/m0/s1. The van der Waals surface area contributed by atoms with Crippen molar-refractivity contribution >= 4 is 5.78 Å². The molecule has 24 heavy (non-hydrogen) atoms. The molecule has 0 saturated carbocycles. The predicted octanol–water partition coefficient (Wildman–Crippen LogP) is 5.62. The summed E-state index contributed by atoms with van der Waals surface area (Å²) in [6, 6.07) is 29.6. The lowest BCUT2D eigenvalue weighted by Gasteiger charge is -2.24. The van der Waals surface area contributed by atoms with Crippen molar-refractivity contribution in [1.82, 2.24) is 0 Å². The zero-order valence-electron chi connectivity index (χ0n) is 13.5. The van der Waals surface area contributed by atoms with Gasteiger partial charge in [0.15, 0.2) is 5.78 Å². The Morgan fingerprint density at radius 3 is 1.67 bits per heavy atom. The number of benzene rings is 3. The number of hydrogen-bond acceptors (Lipinski definition) is 1. The molecule has 3 rings (SSSR count). The van der Waals surface area contributed by atoms with Gasteiger partial charge in [-0.1, -0.05) is 97.1 Å². The number of allylic oxidation sites excluding steroid dienone is 1. The summed E-state index contributed by atoms with van der Waals surface area (Å²) in [5.41, 5.74) is 2.85. The lowest BCUT2D eigenvalue weighted by Crippen LogP contribution is -2.19. The molecular formula is C23H20O. The minimum absolute atomic E-state index is 0.0682. The summed E-state index contributed by atoms with van der Waals surface area (Å²) in [4.78, 5) is 13.3. The van der Waals surface area contributed by atoms with Gasteiger partial charge in [0.1, 0.15) is 0 Å². The summed E-state index contributed by atoms with van der Waals surface area (Å²) in [5, 5.41) is 0. The second-order valence-electron chi connectivity index (χ2n) is 5.79. The molecule has 3 aromatic carbocycles. The van der Waals surface area contributed by atoms with E-state index in [1.54, 1.807) is 0 Å². The Morgan fingerprint density at radius 2 is 1.17 bits per heavy atom. The van der Waals surface area contributed by atoms with Crippen LogP contribution in [0.1, 0.15) is 33.3 Å². The van der Waals surface area contributed by atoms with E-state index in [0.717, 1.165) is 16.7 Å². The number of carbonyl (C=O) groups is 1. The van der Waals surface area contributed by atoms with Crippen LogP contribution in [0.4, 0.5) is 0 Å². The summed E-state index contributed by atoms with van der Waals surface area (Å²) in [6.45, 7) is 4.01. The fourth-order valence-electron chi connectivity index (χ4n) is 3.10. The highest BCUT2D eigenvalue weighted by molar-refractivity contribution is 6.01. The molecule has 3 aromatic rings. The Balaban J connectivity index is 2.08. The lowest BCUT2D eigenvalue weighted by atomic mass is 9.77. The maximum absolute atomic E-state index is 13.3. The Kier molecular flexibility index (Phi) is 5.02. The van der Waals surface area contributed by atoms with Crippen molar-refractivity contribution in [3.05, 3.63) is 120 Å². The van der Waals surface area contributed by atoms with E-state index in [0.29, 0.717) is 0 Å². The van der Waals surface area contributed by atoms with Gasteiger partial charge in [0.2, 0.25) is 0 Å². The third-order valence-electron chi connectivity index (χ3n) is 4.30. The molecule has 1 heteroatoms. The van der Waals surface area contributed by atoms with E-state index in [1.165, 1.54) is 0 Å². The van der Waals surface area contributed by atoms with Crippen molar-refractivity contribution in [2.24, 2.45) is 0 Å². The zero-order chi connectivity index (χ0) is 16.8. The van der Waals surface area contributed by atoms with Crippen molar-refractivity contribution in [2.45, 2.75) is 11.8 Å². The van der Waals surface area contributed by atoms with Crippen LogP contribution in [0.2, 0.25) is 0 Å². The molecule has 0 bridgehead atoms. The predicted molar refractivity (Wildman–Crippen MR) is 99.3 cm³/mol. The third kappa shape index (κ3) is 3.36. The fraction of sp³-hybridized carbons (Fsp3) is 0.0870. The van der Waals surface area contributed by atoms with Crippen LogP contribution >= 0.6 is 0 Å². The Morgan fingerprint density at radius 1 is 0.708 bits per heavy atom. The van der Waals surface area contributed by atoms with Crippen LogP contribution in [0, 0.1) is 0 Å². The van der Waals surface area contributed by atoms with Crippen LogP contribution in [0.15, 0.2) is 104 Å². The second-order valence-corrected chi connectivity index (χ2v) is 5.79. The first-order valence-electron chi connectivity index (χ1n) is 8.13. The van der Waals surface area contributed by atoms with E-state index in [9.17, 15) is 4.79 Å². The van der Waals surface area contributed by atoms with Crippen LogP contribution in [0.25, 0.3) is 0 Å². The minimum atomic E-state index is -0.284. The highest BCUT2D eigenvalue weighted by atomic mass is 16.1. The van der Waals surface area contributed by atoms with Gasteiger partial charge in [-0.15, -0.1) is 6.58 Å². The molecule has 0 heterocycles. The quantitative estimate of drug-likeness (QED) is 0.426. The van der Waals surface area contributed by atoms with Crippen LogP contribution in [0.3, 0.4) is 0 Å². The van der Waals surface area contributed by atoms with Crippen molar-refractivity contribution in [3.8, 4) is 0 Å². The summed E-state index contributed by atoms with van der Waals surface area (Å²) in [7, 11) is 0. The van der Waals surface area contributed by atoms with Crippen molar-refractivity contribution in [2.75, 3.05) is 0 Å². The molecule has 0 aliphatic heterocycles. The van der Waals surface area contributed by atoms with Crippen LogP contribution < -0.4 is 0 Å². The first-order valence-corrected chi connectivity index (χ1v) is 8.13. The largest absolute Gasteiger partial charge is 0.293 e. The van der Waals surface area contributed by atoms with Crippen molar-refractivity contribution in [3.63, 3.8) is 0 Å². The van der Waals surface area contributed by atoms with Crippen LogP contribution in [-0.2, 0) is 0 Å². The molecule has 0 radical (unpaired) electrons. The summed E-state index contributed by atoms with van der Waals surface area (Å²) >= 11 is 0. The summed E-state index contributed by atoms with van der Waals surface area (Å²) < 4.78 is 0. The zero-order valence-corrected chi connectivity index (χ0v) is 13.5. The van der Waals surface area contributed by atoms with Crippen LogP contribution in [0.5, 0.6) is 0 Å². The SMILES string of the molecule is C=C[C@@H](c1ccccc1)[C@H](C(=O)c1ccccc1)c1ccccc1. The molecule has 0 aromatic heterocycles. The molecular weight excluding hydrogens is 292 g/mol. The molecule has 0 spiro atoms. The molecule has 0 aliphatic carbocycles. The number of hydrogen-bond donors (Lipinski definition) is 0. The Bertz CT molecular complexity index is 791. The van der Waals surface area contributed by atoms with E-state index < -0.39 is 0 Å². The van der Waals surface area contributed by atoms with Crippen molar-refractivity contribution < 1.29 is 4.79 Å². The molecule has 2 atom stereocenters. The van der Waals surface area contributed by atoms with Gasteiger partial charge in [-0.25, -0.2) is 0 Å². The average Bonchev–Trinajstić information content (AvgIpc) is 2.67. The molecule has 118 valence electrons. The normalized spacial score (nSPS) is 13.0. The number of Topliss-reactive ketones (excluding diaryl/α,β-unsaturated/α-hetero) is 1. The molecule has 0 amide bonds. The first kappa shape index (κ1) is 15.9. The molecule has 1 nitrogen and oxygen atoms in total. The summed E-state index contributed by atoms with van der Waals surface area (Å²) in [6.07, 6.45) is 1.88. The molecule has 0 fully saturated rings.